The van der Waals surface area contributed by atoms with Gasteiger partial charge in [0, 0.05) is 15.6 Å². The second kappa shape index (κ2) is 8.99. The van der Waals surface area contributed by atoms with Gasteiger partial charge in [0.05, 0.1) is 12.2 Å². The molecule has 3 aromatic rings. The number of anilines is 2. The number of thiocarbonyl (C=S) groups is 1. The second-order valence-corrected chi connectivity index (χ2v) is 7.42. The van der Waals surface area contributed by atoms with E-state index in [-0.39, 0.29) is 5.97 Å². The topological polar surface area (TPSA) is 50.4 Å². The van der Waals surface area contributed by atoms with Crippen LogP contribution in [0.3, 0.4) is 0 Å². The lowest BCUT2D eigenvalue weighted by atomic mass is 10.1. The highest BCUT2D eigenvalue weighted by Crippen LogP contribution is 2.36. The molecule has 0 atom stereocenters. The number of ether oxygens (including phenoxy) is 1. The lowest BCUT2D eigenvalue weighted by molar-refractivity contribution is 0.0528. The summed E-state index contributed by atoms with van der Waals surface area (Å²) < 4.78 is 5.18. The third kappa shape index (κ3) is 5.07. The average molecular weight is 417 g/mol. The first kappa shape index (κ1) is 19.4. The Morgan fingerprint density at radius 3 is 2.48 bits per heavy atom. The number of benzene rings is 2. The molecule has 3 rings (SSSR count). The Morgan fingerprint density at radius 2 is 1.81 bits per heavy atom. The maximum Gasteiger partial charge on any atom is 0.341 e. The molecule has 0 spiro atoms. The monoisotopic (exact) mass is 416 g/mol. The van der Waals surface area contributed by atoms with E-state index in [1.54, 1.807) is 19.1 Å². The van der Waals surface area contributed by atoms with Crippen LogP contribution in [-0.2, 0) is 4.74 Å². The van der Waals surface area contributed by atoms with Crippen LogP contribution in [0.4, 0.5) is 10.7 Å². The van der Waals surface area contributed by atoms with E-state index in [2.05, 4.69) is 10.6 Å². The number of thiophene rings is 1. The standard InChI is InChI=1S/C20H17ClN2O2S2/c1-2-25-19(24)16-12-17(13-6-4-3-5-7-13)27-18(16)23-20(26)22-15-10-8-14(21)9-11-15/h3-12H,2H2,1H3,(H2,22,23,26). The van der Waals surface area contributed by atoms with Crippen LogP contribution in [0, 0.1) is 0 Å². The number of esters is 1. The van der Waals surface area contributed by atoms with E-state index < -0.39 is 0 Å². The Hall–Kier alpha value is -2.41. The number of nitrogens with one attached hydrogen (secondary N) is 2. The molecule has 2 N–H and O–H groups in total. The molecule has 0 aliphatic carbocycles. The Kier molecular flexibility index (Phi) is 6.45. The van der Waals surface area contributed by atoms with Gasteiger partial charge in [-0.1, -0.05) is 41.9 Å². The zero-order valence-corrected chi connectivity index (χ0v) is 16.9. The molecule has 0 amide bonds. The van der Waals surface area contributed by atoms with Crippen molar-refractivity contribution in [3.8, 4) is 10.4 Å². The first-order valence-corrected chi connectivity index (χ1v) is 9.87. The fourth-order valence-corrected chi connectivity index (χ4v) is 3.85. The van der Waals surface area contributed by atoms with Gasteiger partial charge in [0.15, 0.2) is 5.11 Å². The van der Waals surface area contributed by atoms with E-state index >= 15 is 0 Å². The van der Waals surface area contributed by atoms with Crippen molar-refractivity contribution in [3.05, 3.63) is 71.2 Å². The van der Waals surface area contributed by atoms with Crippen LogP contribution in [-0.4, -0.2) is 17.7 Å². The molecule has 1 aromatic heterocycles. The molecule has 0 fully saturated rings. The van der Waals surface area contributed by atoms with Gasteiger partial charge in [0.2, 0.25) is 0 Å². The molecule has 0 unspecified atom stereocenters. The van der Waals surface area contributed by atoms with Gasteiger partial charge in [-0.25, -0.2) is 4.79 Å². The lowest BCUT2D eigenvalue weighted by Gasteiger charge is -2.10. The van der Waals surface area contributed by atoms with Crippen LogP contribution in [0.15, 0.2) is 60.7 Å². The minimum Gasteiger partial charge on any atom is -0.462 e. The number of carbonyl (C=O) groups excluding carboxylic acids is 1. The Morgan fingerprint density at radius 1 is 1.11 bits per heavy atom. The smallest absolute Gasteiger partial charge is 0.341 e. The van der Waals surface area contributed by atoms with E-state index in [9.17, 15) is 4.79 Å². The molecule has 0 bridgehead atoms. The molecule has 7 heteroatoms. The molecular weight excluding hydrogens is 400 g/mol. The number of rotatable bonds is 5. The van der Waals surface area contributed by atoms with Gasteiger partial charge in [-0.2, -0.15) is 0 Å². The summed E-state index contributed by atoms with van der Waals surface area (Å²) >= 11 is 12.7. The van der Waals surface area contributed by atoms with Crippen molar-refractivity contribution in [2.75, 3.05) is 17.2 Å². The summed E-state index contributed by atoms with van der Waals surface area (Å²) in [6.45, 7) is 2.09. The molecule has 27 heavy (non-hydrogen) atoms. The Balaban J connectivity index is 1.83. The summed E-state index contributed by atoms with van der Waals surface area (Å²) in [4.78, 5) is 13.3. The van der Waals surface area contributed by atoms with Gasteiger partial charge in [-0.15, -0.1) is 11.3 Å². The molecule has 0 aliphatic heterocycles. The van der Waals surface area contributed by atoms with Gasteiger partial charge in [0.1, 0.15) is 5.00 Å². The quantitative estimate of drug-likeness (QED) is 0.391. The molecule has 0 aliphatic rings. The minimum absolute atomic E-state index is 0.308. The predicted molar refractivity (Wildman–Crippen MR) is 117 cm³/mol. The highest BCUT2D eigenvalue weighted by Gasteiger charge is 2.19. The van der Waals surface area contributed by atoms with Crippen molar-refractivity contribution in [2.45, 2.75) is 6.92 Å². The predicted octanol–water partition coefficient (Wildman–Crippen LogP) is 6.05. The fourth-order valence-electron chi connectivity index (χ4n) is 2.39. The van der Waals surface area contributed by atoms with Crippen molar-refractivity contribution < 1.29 is 9.53 Å². The maximum absolute atomic E-state index is 12.4. The first-order chi connectivity index (χ1) is 13.1. The summed E-state index contributed by atoms with van der Waals surface area (Å²) in [5, 5.41) is 7.85. The molecular formula is C20H17ClN2O2S2. The molecule has 0 radical (unpaired) electrons. The first-order valence-electron chi connectivity index (χ1n) is 8.26. The van der Waals surface area contributed by atoms with E-state index in [4.69, 9.17) is 28.6 Å². The zero-order chi connectivity index (χ0) is 19.2. The summed E-state index contributed by atoms with van der Waals surface area (Å²) in [6.07, 6.45) is 0. The van der Waals surface area contributed by atoms with E-state index in [1.807, 2.05) is 48.5 Å². The van der Waals surface area contributed by atoms with Gasteiger partial charge in [-0.3, -0.25) is 0 Å². The molecule has 4 nitrogen and oxygen atoms in total. The third-order valence-corrected chi connectivity index (χ3v) is 5.17. The summed E-state index contributed by atoms with van der Waals surface area (Å²) in [6, 6.07) is 18.9. The Labute approximate surface area is 172 Å². The van der Waals surface area contributed by atoms with E-state index in [1.165, 1.54) is 11.3 Å². The van der Waals surface area contributed by atoms with Gasteiger partial charge in [0.25, 0.3) is 0 Å². The van der Waals surface area contributed by atoms with Crippen LogP contribution in [0.1, 0.15) is 17.3 Å². The fraction of sp³-hybridized carbons (Fsp3) is 0.100. The van der Waals surface area contributed by atoms with Crippen molar-refractivity contribution in [3.63, 3.8) is 0 Å². The number of hydrogen-bond donors (Lipinski definition) is 2. The maximum atomic E-state index is 12.4. The van der Waals surface area contributed by atoms with Crippen LogP contribution in [0.25, 0.3) is 10.4 Å². The lowest BCUT2D eigenvalue weighted by Crippen LogP contribution is -2.20. The highest BCUT2D eigenvalue weighted by atomic mass is 35.5. The third-order valence-electron chi connectivity index (χ3n) is 3.61. The normalized spacial score (nSPS) is 10.3. The highest BCUT2D eigenvalue weighted by molar-refractivity contribution is 7.80. The van der Waals surface area contributed by atoms with Gasteiger partial charge < -0.3 is 15.4 Å². The van der Waals surface area contributed by atoms with E-state index in [0.717, 1.165) is 16.1 Å². The van der Waals surface area contributed by atoms with Crippen LogP contribution >= 0.6 is 35.2 Å². The summed E-state index contributed by atoms with van der Waals surface area (Å²) in [5.74, 6) is -0.382. The minimum atomic E-state index is -0.382. The van der Waals surface area contributed by atoms with Crippen molar-refractivity contribution in [1.82, 2.24) is 0 Å². The number of hydrogen-bond acceptors (Lipinski definition) is 4. The zero-order valence-electron chi connectivity index (χ0n) is 14.5. The van der Waals surface area contributed by atoms with Gasteiger partial charge >= 0.3 is 5.97 Å². The largest absolute Gasteiger partial charge is 0.462 e. The van der Waals surface area contributed by atoms with Crippen molar-refractivity contribution in [1.29, 1.82) is 0 Å². The van der Waals surface area contributed by atoms with Crippen LogP contribution < -0.4 is 10.6 Å². The number of halogens is 1. The van der Waals surface area contributed by atoms with Gasteiger partial charge in [-0.05, 0) is 55.0 Å². The molecule has 0 saturated heterocycles. The van der Waals surface area contributed by atoms with Crippen LogP contribution in [0.5, 0.6) is 0 Å². The summed E-state index contributed by atoms with van der Waals surface area (Å²) in [5.41, 5.74) is 2.29. The molecule has 1 heterocycles. The average Bonchev–Trinajstić information content (AvgIpc) is 3.08. The summed E-state index contributed by atoms with van der Waals surface area (Å²) in [7, 11) is 0. The molecule has 138 valence electrons. The molecule has 0 saturated carbocycles. The van der Waals surface area contributed by atoms with Crippen molar-refractivity contribution in [2.24, 2.45) is 0 Å². The number of carbonyl (C=O) groups is 1. The second-order valence-electron chi connectivity index (χ2n) is 5.53. The van der Waals surface area contributed by atoms with Crippen LogP contribution in [0.2, 0.25) is 5.02 Å². The van der Waals surface area contributed by atoms with E-state index in [0.29, 0.717) is 27.3 Å². The van der Waals surface area contributed by atoms with Crippen molar-refractivity contribution >= 4 is 56.9 Å². The molecule has 2 aromatic carbocycles. The Bertz CT molecular complexity index is 940. The SMILES string of the molecule is CCOC(=O)c1cc(-c2ccccc2)sc1NC(=S)Nc1ccc(Cl)cc1.